The summed E-state index contributed by atoms with van der Waals surface area (Å²) in [5.74, 6) is 0.361. The molecular weight excluding hydrogens is 313 g/mol. The lowest BCUT2D eigenvalue weighted by atomic mass is 10.0. The Hall–Kier alpha value is -2.30. The van der Waals surface area contributed by atoms with Crippen molar-refractivity contribution in [2.45, 2.75) is 33.4 Å². The maximum atomic E-state index is 13.1. The predicted octanol–water partition coefficient (Wildman–Crippen LogP) is 5.53. The third-order valence-electron chi connectivity index (χ3n) is 3.98. The molecule has 3 aromatic rings. The number of nitrogens with zero attached hydrogens (tertiary/aromatic N) is 2. The second-order valence-corrected chi connectivity index (χ2v) is 6.44. The summed E-state index contributed by atoms with van der Waals surface area (Å²) in [7, 11) is 0. The number of aryl methyl sites for hydroxylation is 1. The second-order valence-electron chi connectivity index (χ2n) is 6.44. The largest absolute Gasteiger partial charge is 0.416 e. The SMILES string of the molecule is Cc1cccc2nc(CC(C)C)c(-c3cccc(C(F)(F)F)c3)n12. The summed E-state index contributed by atoms with van der Waals surface area (Å²) >= 11 is 0. The Bertz CT molecular complexity index is 876. The Morgan fingerprint density at radius 2 is 1.79 bits per heavy atom. The average molecular weight is 332 g/mol. The monoisotopic (exact) mass is 332 g/mol. The van der Waals surface area contributed by atoms with Crippen LogP contribution in [-0.2, 0) is 12.6 Å². The van der Waals surface area contributed by atoms with E-state index in [0.717, 1.165) is 28.8 Å². The summed E-state index contributed by atoms with van der Waals surface area (Å²) in [6.07, 6.45) is -3.64. The first-order valence-corrected chi connectivity index (χ1v) is 7.92. The molecule has 0 spiro atoms. The van der Waals surface area contributed by atoms with Gasteiger partial charge in [-0.2, -0.15) is 13.2 Å². The molecule has 0 radical (unpaired) electrons. The smallest absolute Gasteiger partial charge is 0.297 e. The van der Waals surface area contributed by atoms with Crippen LogP contribution in [0.4, 0.5) is 13.2 Å². The minimum absolute atomic E-state index is 0.361. The van der Waals surface area contributed by atoms with Crippen LogP contribution in [0.1, 0.15) is 30.8 Å². The topological polar surface area (TPSA) is 17.3 Å². The molecule has 1 aromatic carbocycles. The van der Waals surface area contributed by atoms with Crippen LogP contribution in [0.3, 0.4) is 0 Å². The van der Waals surface area contributed by atoms with Gasteiger partial charge >= 0.3 is 6.18 Å². The van der Waals surface area contributed by atoms with Crippen molar-refractivity contribution in [1.82, 2.24) is 9.38 Å². The Morgan fingerprint density at radius 1 is 1.08 bits per heavy atom. The number of benzene rings is 1. The Kier molecular flexibility index (Phi) is 4.11. The van der Waals surface area contributed by atoms with E-state index in [1.54, 1.807) is 6.07 Å². The minimum atomic E-state index is -4.36. The zero-order valence-corrected chi connectivity index (χ0v) is 13.9. The maximum Gasteiger partial charge on any atom is 0.416 e. The van der Waals surface area contributed by atoms with Gasteiger partial charge in [0.05, 0.1) is 17.0 Å². The lowest BCUT2D eigenvalue weighted by Gasteiger charge is -2.12. The van der Waals surface area contributed by atoms with Gasteiger partial charge in [0.2, 0.25) is 0 Å². The molecule has 5 heteroatoms. The quantitative estimate of drug-likeness (QED) is 0.617. The van der Waals surface area contributed by atoms with Gasteiger partial charge in [-0.15, -0.1) is 0 Å². The fourth-order valence-corrected chi connectivity index (χ4v) is 2.97. The van der Waals surface area contributed by atoms with Crippen LogP contribution < -0.4 is 0 Å². The van der Waals surface area contributed by atoms with Crippen molar-refractivity contribution in [2.75, 3.05) is 0 Å². The number of fused-ring (bicyclic) bond motifs is 1. The van der Waals surface area contributed by atoms with E-state index in [9.17, 15) is 13.2 Å². The number of halogens is 3. The van der Waals surface area contributed by atoms with Crippen molar-refractivity contribution >= 4 is 5.65 Å². The highest BCUT2D eigenvalue weighted by Gasteiger charge is 2.31. The molecule has 0 aliphatic carbocycles. The third-order valence-corrected chi connectivity index (χ3v) is 3.98. The zero-order valence-electron chi connectivity index (χ0n) is 13.9. The molecule has 0 saturated carbocycles. The van der Waals surface area contributed by atoms with Gasteiger partial charge < -0.3 is 0 Å². The van der Waals surface area contributed by atoms with E-state index in [1.807, 2.05) is 29.5 Å². The highest BCUT2D eigenvalue weighted by atomic mass is 19.4. The molecule has 0 fully saturated rings. The number of hydrogen-bond acceptors (Lipinski definition) is 1. The van der Waals surface area contributed by atoms with Crippen molar-refractivity contribution in [2.24, 2.45) is 5.92 Å². The van der Waals surface area contributed by atoms with Crippen molar-refractivity contribution in [1.29, 1.82) is 0 Å². The molecule has 0 saturated heterocycles. The molecule has 0 unspecified atom stereocenters. The number of rotatable bonds is 3. The molecule has 2 aromatic heterocycles. The van der Waals surface area contributed by atoms with Crippen LogP contribution in [0.2, 0.25) is 0 Å². The number of aromatic nitrogens is 2. The van der Waals surface area contributed by atoms with E-state index in [4.69, 9.17) is 0 Å². The summed E-state index contributed by atoms with van der Waals surface area (Å²) in [6.45, 7) is 6.09. The van der Waals surface area contributed by atoms with E-state index in [2.05, 4.69) is 18.8 Å². The average Bonchev–Trinajstić information content (AvgIpc) is 2.85. The van der Waals surface area contributed by atoms with E-state index >= 15 is 0 Å². The van der Waals surface area contributed by atoms with Crippen molar-refractivity contribution in [3.8, 4) is 11.3 Å². The van der Waals surface area contributed by atoms with Gasteiger partial charge in [0.1, 0.15) is 5.65 Å². The first-order valence-electron chi connectivity index (χ1n) is 7.92. The fourth-order valence-electron chi connectivity index (χ4n) is 2.97. The highest BCUT2D eigenvalue weighted by molar-refractivity contribution is 5.69. The molecule has 0 N–H and O–H groups in total. The van der Waals surface area contributed by atoms with E-state index in [-0.39, 0.29) is 0 Å². The first kappa shape index (κ1) is 16.6. The standard InChI is InChI=1S/C19H19F3N2/c1-12(2)10-16-18(24-13(3)6-4-9-17(24)23-16)14-7-5-8-15(11-14)19(20,21)22/h4-9,11-12H,10H2,1-3H3. The Morgan fingerprint density at radius 3 is 2.46 bits per heavy atom. The van der Waals surface area contributed by atoms with Crippen LogP contribution >= 0.6 is 0 Å². The molecule has 2 heterocycles. The fraction of sp³-hybridized carbons (Fsp3) is 0.316. The predicted molar refractivity (Wildman–Crippen MR) is 88.9 cm³/mol. The Balaban J connectivity index is 2.28. The van der Waals surface area contributed by atoms with Crippen LogP contribution in [0.5, 0.6) is 0 Å². The molecule has 0 amide bonds. The second kappa shape index (κ2) is 5.96. The maximum absolute atomic E-state index is 13.1. The van der Waals surface area contributed by atoms with Gasteiger partial charge in [-0.3, -0.25) is 4.40 Å². The molecule has 0 atom stereocenters. The van der Waals surface area contributed by atoms with Crippen LogP contribution in [0, 0.1) is 12.8 Å². The van der Waals surface area contributed by atoms with Gasteiger partial charge in [-0.1, -0.05) is 32.0 Å². The van der Waals surface area contributed by atoms with Gasteiger partial charge in [-0.25, -0.2) is 4.98 Å². The Labute approximate surface area is 139 Å². The zero-order chi connectivity index (χ0) is 17.5. The van der Waals surface area contributed by atoms with E-state index < -0.39 is 11.7 Å². The minimum Gasteiger partial charge on any atom is -0.297 e. The summed E-state index contributed by atoms with van der Waals surface area (Å²) in [6, 6.07) is 11.2. The van der Waals surface area contributed by atoms with Gasteiger partial charge in [0, 0.05) is 11.3 Å². The van der Waals surface area contributed by atoms with Gasteiger partial charge in [0.25, 0.3) is 0 Å². The van der Waals surface area contributed by atoms with Crippen molar-refractivity contribution in [3.63, 3.8) is 0 Å². The molecule has 0 bridgehead atoms. The lowest BCUT2D eigenvalue weighted by molar-refractivity contribution is -0.137. The molecule has 2 nitrogen and oxygen atoms in total. The van der Waals surface area contributed by atoms with Crippen molar-refractivity contribution in [3.05, 3.63) is 59.4 Å². The lowest BCUT2D eigenvalue weighted by Crippen LogP contribution is -2.05. The molecule has 24 heavy (non-hydrogen) atoms. The molecule has 0 aliphatic heterocycles. The molecule has 3 rings (SSSR count). The first-order chi connectivity index (χ1) is 11.3. The molecule has 126 valence electrons. The molecular formula is C19H19F3N2. The van der Waals surface area contributed by atoms with Crippen molar-refractivity contribution < 1.29 is 13.2 Å². The molecule has 0 aliphatic rings. The summed E-state index contributed by atoms with van der Waals surface area (Å²) < 4.78 is 41.2. The summed E-state index contributed by atoms with van der Waals surface area (Å²) in [4.78, 5) is 4.66. The summed E-state index contributed by atoms with van der Waals surface area (Å²) in [5.41, 5.74) is 3.20. The third kappa shape index (κ3) is 3.03. The van der Waals surface area contributed by atoms with Gasteiger partial charge in [0.15, 0.2) is 0 Å². The normalized spacial score (nSPS) is 12.3. The summed E-state index contributed by atoms with van der Waals surface area (Å²) in [5, 5.41) is 0. The van der Waals surface area contributed by atoms with Crippen LogP contribution in [-0.4, -0.2) is 9.38 Å². The number of imidazole rings is 1. The number of hydrogen-bond donors (Lipinski definition) is 0. The van der Waals surface area contributed by atoms with Crippen LogP contribution in [0.25, 0.3) is 16.9 Å². The van der Waals surface area contributed by atoms with Crippen LogP contribution in [0.15, 0.2) is 42.5 Å². The van der Waals surface area contributed by atoms with Gasteiger partial charge in [-0.05, 0) is 43.5 Å². The van der Waals surface area contributed by atoms with E-state index in [0.29, 0.717) is 17.9 Å². The van der Waals surface area contributed by atoms with E-state index in [1.165, 1.54) is 12.1 Å². The highest BCUT2D eigenvalue weighted by Crippen LogP contribution is 2.34. The number of alkyl halides is 3. The number of pyridine rings is 1.